The van der Waals surface area contributed by atoms with Gasteiger partial charge >= 0.3 is 5.00 Å². The summed E-state index contributed by atoms with van der Waals surface area (Å²) in [6.07, 6.45) is 0. The van der Waals surface area contributed by atoms with Crippen molar-refractivity contribution in [1.29, 1.82) is 0 Å². The highest BCUT2D eigenvalue weighted by atomic mass is 32.1. The summed E-state index contributed by atoms with van der Waals surface area (Å²) in [6.45, 7) is 6.42. The van der Waals surface area contributed by atoms with E-state index in [-0.39, 0.29) is 9.92 Å². The first kappa shape index (κ1) is 11.0. The molecule has 0 atom stereocenters. The number of nitrogens with zero attached hydrogens (tertiary/aromatic N) is 1. The molecule has 0 aliphatic heterocycles. The minimum atomic E-state index is -1.38. The Morgan fingerprint density at radius 1 is 1.43 bits per heavy atom. The fraction of sp³-hybridized carbons (Fsp3) is 0.333. The van der Waals surface area contributed by atoms with Crippen LogP contribution in [0.5, 0.6) is 0 Å². The number of thiophene rings is 1. The SMILES string of the molecule is C[Si](C)(C)C#Cc1ccc([N+](=O)[O-])s1. The normalized spacial score (nSPS) is 10.5. The van der Waals surface area contributed by atoms with Gasteiger partial charge in [0.2, 0.25) is 0 Å². The van der Waals surface area contributed by atoms with E-state index in [1.54, 1.807) is 6.07 Å². The molecule has 0 aromatic carbocycles. The first-order valence-electron chi connectivity index (χ1n) is 4.16. The van der Waals surface area contributed by atoms with Crippen LogP contribution in [-0.2, 0) is 0 Å². The van der Waals surface area contributed by atoms with Crippen molar-refractivity contribution in [3.05, 3.63) is 27.1 Å². The monoisotopic (exact) mass is 225 g/mol. The number of hydrogen-bond acceptors (Lipinski definition) is 3. The van der Waals surface area contributed by atoms with Crippen LogP contribution in [0.25, 0.3) is 0 Å². The van der Waals surface area contributed by atoms with Gasteiger partial charge in [-0.25, -0.2) is 0 Å². The summed E-state index contributed by atoms with van der Waals surface area (Å²) < 4.78 is 0. The molecule has 3 nitrogen and oxygen atoms in total. The molecule has 0 bridgehead atoms. The lowest BCUT2D eigenvalue weighted by molar-refractivity contribution is -0.380. The standard InChI is InChI=1S/C9H11NO2SSi/c1-14(2,3)7-6-8-4-5-9(13-8)10(11)12/h4-5H,1-3H3. The zero-order chi connectivity index (χ0) is 10.8. The van der Waals surface area contributed by atoms with E-state index in [9.17, 15) is 10.1 Å². The van der Waals surface area contributed by atoms with Crippen molar-refractivity contribution < 1.29 is 4.92 Å². The molecule has 1 rings (SSSR count). The van der Waals surface area contributed by atoms with Crippen LogP contribution in [0, 0.1) is 21.6 Å². The molecule has 0 radical (unpaired) electrons. The molecule has 1 aromatic rings. The maximum Gasteiger partial charge on any atom is 0.325 e. The van der Waals surface area contributed by atoms with E-state index >= 15 is 0 Å². The maximum atomic E-state index is 10.4. The minimum absolute atomic E-state index is 0.157. The van der Waals surface area contributed by atoms with Crippen LogP contribution < -0.4 is 0 Å². The molecule has 1 aromatic heterocycles. The Balaban J connectivity index is 2.87. The van der Waals surface area contributed by atoms with Crippen LogP contribution in [0.1, 0.15) is 4.88 Å². The topological polar surface area (TPSA) is 43.1 Å². The zero-order valence-corrected chi connectivity index (χ0v) is 10.1. The highest BCUT2D eigenvalue weighted by Crippen LogP contribution is 2.22. The van der Waals surface area contributed by atoms with Crippen LogP contribution >= 0.6 is 11.3 Å². The van der Waals surface area contributed by atoms with E-state index in [1.165, 1.54) is 6.07 Å². The average molecular weight is 225 g/mol. The van der Waals surface area contributed by atoms with Crippen molar-refractivity contribution in [1.82, 2.24) is 0 Å². The Labute approximate surface area is 87.9 Å². The van der Waals surface area contributed by atoms with E-state index in [2.05, 4.69) is 31.1 Å². The summed E-state index contributed by atoms with van der Waals surface area (Å²) in [5, 5.41) is 10.5. The van der Waals surface area contributed by atoms with Gasteiger partial charge in [-0.1, -0.05) is 36.9 Å². The third-order valence-corrected chi connectivity index (χ3v) is 3.16. The molecule has 1 heterocycles. The molecule has 0 fully saturated rings. The van der Waals surface area contributed by atoms with Gasteiger partial charge in [0.15, 0.2) is 0 Å². The molecule has 5 heteroatoms. The molecule has 0 aliphatic rings. The summed E-state index contributed by atoms with van der Waals surface area (Å²) in [4.78, 5) is 10.8. The summed E-state index contributed by atoms with van der Waals surface area (Å²) in [6, 6.07) is 3.20. The zero-order valence-electron chi connectivity index (χ0n) is 8.33. The maximum absolute atomic E-state index is 10.4. The van der Waals surface area contributed by atoms with Crippen LogP contribution in [0.3, 0.4) is 0 Å². The summed E-state index contributed by atoms with van der Waals surface area (Å²) >= 11 is 1.13. The summed E-state index contributed by atoms with van der Waals surface area (Å²) in [5.41, 5.74) is 3.17. The molecule has 0 saturated heterocycles. The first-order valence-corrected chi connectivity index (χ1v) is 8.47. The van der Waals surface area contributed by atoms with E-state index in [4.69, 9.17) is 0 Å². The Hall–Kier alpha value is -1.12. The summed E-state index contributed by atoms with van der Waals surface area (Å²) in [5.74, 6) is 2.99. The second-order valence-electron chi connectivity index (χ2n) is 3.89. The average Bonchev–Trinajstić information content (AvgIpc) is 2.47. The second kappa shape index (κ2) is 3.94. The molecule has 0 aliphatic carbocycles. The lowest BCUT2D eigenvalue weighted by atomic mass is 10.5. The largest absolute Gasteiger partial charge is 0.325 e. The van der Waals surface area contributed by atoms with Crippen molar-refractivity contribution in [2.45, 2.75) is 19.6 Å². The van der Waals surface area contributed by atoms with Crippen molar-refractivity contribution in [2.75, 3.05) is 0 Å². The molecule has 74 valence electrons. The van der Waals surface area contributed by atoms with Gasteiger partial charge in [-0.15, -0.1) is 5.54 Å². The van der Waals surface area contributed by atoms with Crippen LogP contribution in [0.4, 0.5) is 5.00 Å². The number of hydrogen-bond donors (Lipinski definition) is 0. The minimum Gasteiger partial charge on any atom is -0.258 e. The van der Waals surface area contributed by atoms with Gasteiger partial charge in [-0.3, -0.25) is 10.1 Å². The molecule has 0 spiro atoms. The van der Waals surface area contributed by atoms with Gasteiger partial charge in [0.1, 0.15) is 8.07 Å². The Kier molecular flexibility index (Phi) is 3.09. The Morgan fingerprint density at radius 3 is 2.50 bits per heavy atom. The Bertz CT molecular complexity index is 408. The molecular weight excluding hydrogens is 214 g/mol. The number of nitro groups is 1. The predicted molar refractivity (Wildman–Crippen MR) is 61.2 cm³/mol. The van der Waals surface area contributed by atoms with Gasteiger partial charge in [-0.05, 0) is 6.07 Å². The van der Waals surface area contributed by atoms with Gasteiger partial charge in [0.05, 0.1) is 9.80 Å². The van der Waals surface area contributed by atoms with Crippen molar-refractivity contribution in [2.24, 2.45) is 0 Å². The van der Waals surface area contributed by atoms with E-state index < -0.39 is 8.07 Å². The van der Waals surface area contributed by atoms with Gasteiger partial charge in [-0.2, -0.15) is 0 Å². The van der Waals surface area contributed by atoms with Crippen LogP contribution in [0.15, 0.2) is 12.1 Å². The first-order chi connectivity index (χ1) is 6.38. The highest BCUT2D eigenvalue weighted by Gasteiger charge is 2.10. The lowest BCUT2D eigenvalue weighted by Crippen LogP contribution is -2.16. The predicted octanol–water partition coefficient (Wildman–Crippen LogP) is 2.89. The molecule has 14 heavy (non-hydrogen) atoms. The van der Waals surface area contributed by atoms with E-state index in [0.717, 1.165) is 16.2 Å². The smallest absolute Gasteiger partial charge is 0.258 e. The quantitative estimate of drug-likeness (QED) is 0.319. The van der Waals surface area contributed by atoms with E-state index in [1.807, 2.05) is 0 Å². The van der Waals surface area contributed by atoms with Gasteiger partial charge < -0.3 is 0 Å². The van der Waals surface area contributed by atoms with Crippen molar-refractivity contribution in [3.8, 4) is 11.5 Å². The molecule has 0 amide bonds. The molecule has 0 N–H and O–H groups in total. The fourth-order valence-electron chi connectivity index (χ4n) is 0.742. The van der Waals surface area contributed by atoms with E-state index in [0.29, 0.717) is 0 Å². The Morgan fingerprint density at radius 2 is 2.07 bits per heavy atom. The molecule has 0 unspecified atom stereocenters. The highest BCUT2D eigenvalue weighted by molar-refractivity contribution is 7.15. The third kappa shape index (κ3) is 3.32. The lowest BCUT2D eigenvalue weighted by Gasteiger charge is -2.02. The number of rotatable bonds is 1. The summed E-state index contributed by atoms with van der Waals surface area (Å²) in [7, 11) is -1.38. The van der Waals surface area contributed by atoms with Crippen molar-refractivity contribution >= 4 is 24.4 Å². The van der Waals surface area contributed by atoms with Crippen molar-refractivity contribution in [3.63, 3.8) is 0 Å². The van der Waals surface area contributed by atoms with Gasteiger partial charge in [0.25, 0.3) is 0 Å². The molecule has 0 saturated carbocycles. The third-order valence-electron chi connectivity index (χ3n) is 1.33. The fourth-order valence-corrected chi connectivity index (χ4v) is 2.02. The van der Waals surface area contributed by atoms with Gasteiger partial charge in [0, 0.05) is 6.07 Å². The second-order valence-corrected chi connectivity index (χ2v) is 9.71. The van der Waals surface area contributed by atoms with Crippen LogP contribution in [-0.4, -0.2) is 13.0 Å². The van der Waals surface area contributed by atoms with Crippen LogP contribution in [0.2, 0.25) is 19.6 Å². The molecular formula is C9H11NO2SSi.